The zero-order valence-electron chi connectivity index (χ0n) is 15.3. The van der Waals surface area contributed by atoms with Gasteiger partial charge in [0.15, 0.2) is 0 Å². The van der Waals surface area contributed by atoms with Gasteiger partial charge in [-0.3, -0.25) is 4.79 Å². The lowest BCUT2D eigenvalue weighted by Gasteiger charge is -2.23. The van der Waals surface area contributed by atoms with Gasteiger partial charge in [-0.25, -0.2) is 14.8 Å². The van der Waals surface area contributed by atoms with Gasteiger partial charge in [-0.2, -0.15) is 13.2 Å². The summed E-state index contributed by atoms with van der Waals surface area (Å²) in [6.45, 7) is 2.99. The van der Waals surface area contributed by atoms with Crippen LogP contribution in [0.5, 0.6) is 5.75 Å². The Morgan fingerprint density at radius 3 is 2.76 bits per heavy atom. The number of hydrogen-bond acceptors (Lipinski definition) is 7. The smallest absolute Gasteiger partial charge is 0.493 e. The lowest BCUT2D eigenvalue weighted by Crippen LogP contribution is -2.40. The number of hydroxylamine groups is 1. The zero-order valence-corrected chi connectivity index (χ0v) is 15.3. The molecule has 2 heterocycles. The number of anilines is 1. The summed E-state index contributed by atoms with van der Waals surface area (Å²) in [5.74, 6) is -3.99. The van der Waals surface area contributed by atoms with Gasteiger partial charge >= 0.3 is 12.1 Å². The van der Waals surface area contributed by atoms with E-state index < -0.39 is 24.0 Å². The first-order valence-electron chi connectivity index (χ1n) is 8.72. The van der Waals surface area contributed by atoms with Crippen LogP contribution in [0, 0.1) is 0 Å². The number of halogens is 3. The minimum absolute atomic E-state index is 0.104. The van der Waals surface area contributed by atoms with Gasteiger partial charge in [0.25, 0.3) is 11.9 Å². The van der Waals surface area contributed by atoms with Crippen molar-refractivity contribution in [3.63, 3.8) is 0 Å². The Labute approximate surface area is 163 Å². The van der Waals surface area contributed by atoms with E-state index in [9.17, 15) is 22.8 Å². The topological polar surface area (TPSA) is 93.6 Å². The fourth-order valence-electron chi connectivity index (χ4n) is 2.67. The summed E-state index contributed by atoms with van der Waals surface area (Å²) in [7, 11) is 0. The predicted octanol–water partition coefficient (Wildman–Crippen LogP) is 2.19. The van der Waals surface area contributed by atoms with Crippen molar-refractivity contribution in [3.8, 4) is 5.75 Å². The van der Waals surface area contributed by atoms with Crippen LogP contribution in [0.3, 0.4) is 0 Å². The van der Waals surface area contributed by atoms with Gasteiger partial charge in [-0.15, -0.1) is 0 Å². The van der Waals surface area contributed by atoms with Crippen molar-refractivity contribution in [1.29, 1.82) is 0 Å². The minimum Gasteiger partial charge on any atom is -0.493 e. The summed E-state index contributed by atoms with van der Waals surface area (Å²) in [5, 5.41) is 3.25. The second-order valence-electron chi connectivity index (χ2n) is 5.97. The van der Waals surface area contributed by atoms with Crippen LogP contribution in [0.15, 0.2) is 30.5 Å². The number of aromatic nitrogens is 2. The highest BCUT2D eigenvalue weighted by Crippen LogP contribution is 2.25. The number of alkyl halides is 3. The average Bonchev–Trinajstić information content (AvgIpc) is 2.71. The molecule has 0 bridgehead atoms. The number of ether oxygens (including phenoxy) is 1. The number of para-hydroxylation sites is 1. The molecule has 1 aromatic heterocycles. The third-order valence-corrected chi connectivity index (χ3v) is 3.98. The first-order chi connectivity index (χ1) is 13.8. The number of fused-ring (bicyclic) bond motifs is 1. The molecule has 0 atom stereocenters. The van der Waals surface area contributed by atoms with E-state index in [4.69, 9.17) is 4.74 Å². The third kappa shape index (κ3) is 4.62. The molecule has 1 aliphatic rings. The summed E-state index contributed by atoms with van der Waals surface area (Å²) in [6.07, 6.45) is -3.45. The maximum atomic E-state index is 13.0. The molecule has 3 rings (SSSR count). The maximum Gasteiger partial charge on any atom is 0.493 e. The Kier molecular flexibility index (Phi) is 5.97. The quantitative estimate of drug-likeness (QED) is 0.773. The highest BCUT2D eigenvalue weighted by molar-refractivity contribution is 6.06. The number of carbonyl (C=O) groups excluding carboxylic acids is 2. The molecular weight excluding hydrogens is 393 g/mol. The molecule has 8 nitrogen and oxygen atoms in total. The number of rotatable bonds is 4. The van der Waals surface area contributed by atoms with Crippen LogP contribution >= 0.6 is 0 Å². The Bertz CT molecular complexity index is 920. The Balaban J connectivity index is 2.02. The number of nitrogens with zero attached hydrogens (tertiary/aromatic N) is 3. The second-order valence-corrected chi connectivity index (χ2v) is 5.97. The number of benzene rings is 1. The molecule has 0 spiro atoms. The minimum atomic E-state index is -5.31. The normalized spacial score (nSPS) is 13.4. The van der Waals surface area contributed by atoms with Crippen LogP contribution in [-0.2, 0) is 22.6 Å². The number of carbonyl (C=O) groups is 2. The molecule has 0 unspecified atom stereocenters. The molecule has 11 heteroatoms. The van der Waals surface area contributed by atoms with Gasteiger partial charge in [-0.05, 0) is 19.1 Å². The van der Waals surface area contributed by atoms with Crippen molar-refractivity contribution >= 4 is 17.8 Å². The summed E-state index contributed by atoms with van der Waals surface area (Å²) in [5.41, 5.74) is 1.18. The van der Waals surface area contributed by atoms with Crippen molar-refractivity contribution in [3.05, 3.63) is 47.3 Å². The molecule has 29 heavy (non-hydrogen) atoms. The average molecular weight is 410 g/mol. The van der Waals surface area contributed by atoms with E-state index >= 15 is 0 Å². The van der Waals surface area contributed by atoms with Gasteiger partial charge in [-0.1, -0.05) is 17.2 Å². The molecule has 1 amide bonds. The highest BCUT2D eigenvalue weighted by atomic mass is 19.4. The van der Waals surface area contributed by atoms with E-state index in [1.54, 1.807) is 13.0 Å². The van der Waals surface area contributed by atoms with Crippen molar-refractivity contribution in [2.75, 3.05) is 18.2 Å². The van der Waals surface area contributed by atoms with E-state index in [0.29, 0.717) is 25.2 Å². The van der Waals surface area contributed by atoms with Gasteiger partial charge < -0.3 is 14.9 Å². The summed E-state index contributed by atoms with van der Waals surface area (Å²) in [4.78, 5) is 36.8. The van der Waals surface area contributed by atoms with Crippen molar-refractivity contribution in [1.82, 2.24) is 15.3 Å². The van der Waals surface area contributed by atoms with Crippen molar-refractivity contribution < 1.29 is 32.3 Å². The van der Waals surface area contributed by atoms with Crippen molar-refractivity contribution in [2.45, 2.75) is 26.1 Å². The predicted molar refractivity (Wildman–Crippen MR) is 94.0 cm³/mol. The third-order valence-electron chi connectivity index (χ3n) is 3.98. The first kappa shape index (κ1) is 20.5. The van der Waals surface area contributed by atoms with E-state index in [2.05, 4.69) is 20.1 Å². The van der Waals surface area contributed by atoms with Crippen LogP contribution in [0.1, 0.15) is 28.5 Å². The van der Waals surface area contributed by atoms with Crippen LogP contribution in [0.2, 0.25) is 0 Å². The van der Waals surface area contributed by atoms with Crippen LogP contribution in [-0.4, -0.2) is 41.2 Å². The maximum absolute atomic E-state index is 13.0. The van der Waals surface area contributed by atoms with Gasteiger partial charge in [0.2, 0.25) is 0 Å². The van der Waals surface area contributed by atoms with Crippen LogP contribution in [0.4, 0.5) is 19.1 Å². The number of amides is 1. The molecular formula is C18H17F3N4O4. The molecule has 0 aliphatic carbocycles. The molecule has 2 aromatic rings. The molecule has 154 valence electrons. The summed E-state index contributed by atoms with van der Waals surface area (Å²) in [6, 6.07) is 5.90. The SMILES string of the molecule is CCOc1ccccc1C(=O)N(OC(=O)C(F)(F)F)c1ncc2c(n1)CCNC2. The van der Waals surface area contributed by atoms with Crippen LogP contribution in [0.25, 0.3) is 0 Å². The van der Waals surface area contributed by atoms with Crippen molar-refractivity contribution in [2.24, 2.45) is 0 Å². The standard InChI is InChI=1S/C18H17F3N4O4/c1-2-28-14-6-4-3-5-12(14)15(26)25(29-16(27)18(19,20)21)17-23-10-11-9-22-8-7-13(11)24-17/h3-6,10,22H,2,7-9H2,1H3. The lowest BCUT2D eigenvalue weighted by molar-refractivity contribution is -0.200. The van der Waals surface area contributed by atoms with Gasteiger partial charge in [0, 0.05) is 31.3 Å². The molecule has 1 aromatic carbocycles. The van der Waals surface area contributed by atoms with Gasteiger partial charge in [0.05, 0.1) is 17.9 Å². The Morgan fingerprint density at radius 2 is 2.03 bits per heavy atom. The molecule has 0 fully saturated rings. The Hall–Kier alpha value is -3.21. The monoisotopic (exact) mass is 410 g/mol. The number of hydrogen-bond donors (Lipinski definition) is 1. The van der Waals surface area contributed by atoms with E-state index in [1.165, 1.54) is 24.4 Å². The fraction of sp³-hybridized carbons (Fsp3) is 0.333. The van der Waals surface area contributed by atoms with E-state index in [0.717, 1.165) is 5.56 Å². The zero-order chi connectivity index (χ0) is 21.0. The van der Waals surface area contributed by atoms with Gasteiger partial charge in [0.1, 0.15) is 5.75 Å². The van der Waals surface area contributed by atoms with E-state index in [1.807, 2.05) is 0 Å². The molecule has 0 radical (unpaired) electrons. The van der Waals surface area contributed by atoms with Crippen LogP contribution < -0.4 is 15.1 Å². The number of nitrogens with one attached hydrogen (secondary N) is 1. The highest BCUT2D eigenvalue weighted by Gasteiger charge is 2.44. The Morgan fingerprint density at radius 1 is 1.28 bits per heavy atom. The fourth-order valence-corrected chi connectivity index (χ4v) is 2.67. The largest absolute Gasteiger partial charge is 0.493 e. The molecule has 0 saturated heterocycles. The molecule has 0 saturated carbocycles. The summed E-state index contributed by atoms with van der Waals surface area (Å²) < 4.78 is 43.7. The molecule has 1 N–H and O–H groups in total. The van der Waals surface area contributed by atoms with E-state index in [-0.39, 0.29) is 23.0 Å². The first-order valence-corrected chi connectivity index (χ1v) is 8.72. The summed E-state index contributed by atoms with van der Waals surface area (Å²) >= 11 is 0. The lowest BCUT2D eigenvalue weighted by atomic mass is 10.1. The second kappa shape index (κ2) is 8.43. The molecule has 1 aliphatic heterocycles.